The molecule has 13 rings (SSSR count). The molecule has 20 atom stereocenters. The Bertz CT molecular complexity index is 3710. The molecular formula is C56H58N8O24. The van der Waals surface area contributed by atoms with Crippen LogP contribution in [0.4, 0.5) is 0 Å². The second-order valence-electron chi connectivity index (χ2n) is 21.8. The fourth-order valence-corrected chi connectivity index (χ4v) is 11.1. The lowest BCUT2D eigenvalue weighted by Gasteiger charge is -2.38. The molecule has 32 heteroatoms. The maximum atomic E-state index is 10.7. The number of aliphatic hydroxyl groups excluding tert-OH is 16. The Morgan fingerprint density at radius 3 is 0.852 bits per heavy atom. The van der Waals surface area contributed by atoms with Crippen LogP contribution in [0.15, 0.2) is 72.8 Å². The highest BCUT2D eigenvalue weighted by molar-refractivity contribution is 6.07. The summed E-state index contributed by atoms with van der Waals surface area (Å²) in [5.74, 6) is 1.05. The van der Waals surface area contributed by atoms with Crippen LogP contribution in [0.1, 0.15) is 0 Å². The zero-order chi connectivity index (χ0) is 61.7. The highest BCUT2D eigenvalue weighted by Crippen LogP contribution is 2.41. The minimum absolute atomic E-state index is 0.0651. The molecule has 9 heterocycles. The maximum Gasteiger partial charge on any atom is 0.184 e. The summed E-state index contributed by atoms with van der Waals surface area (Å²) < 4.78 is 45.6. The van der Waals surface area contributed by atoms with Gasteiger partial charge in [0.2, 0.25) is 0 Å². The van der Waals surface area contributed by atoms with Crippen LogP contribution in [0.3, 0.4) is 0 Å². The van der Waals surface area contributed by atoms with Gasteiger partial charge in [0.1, 0.15) is 170 Å². The molecule has 4 aromatic carbocycles. The Kier molecular flexibility index (Phi) is 15.9. The number of aliphatic hydroxyl groups is 16. The van der Waals surface area contributed by atoms with Gasteiger partial charge in [-0.25, -0.2) is 29.9 Å². The van der Waals surface area contributed by atoms with Gasteiger partial charge in [0.15, 0.2) is 48.5 Å². The predicted octanol–water partition coefficient (Wildman–Crippen LogP) is -4.42. The Balaban J connectivity index is 0.966. The van der Waals surface area contributed by atoms with Crippen molar-refractivity contribution in [2.45, 2.75) is 123 Å². The average molecular weight is 1230 g/mol. The molecule has 18 N–H and O–H groups in total. The Hall–Kier alpha value is -7.36. The monoisotopic (exact) mass is 1230 g/mol. The Morgan fingerprint density at radius 2 is 0.545 bits per heavy atom. The summed E-state index contributed by atoms with van der Waals surface area (Å²) in [5.41, 5.74) is 2.19. The third-order valence-corrected chi connectivity index (χ3v) is 16.1. The number of benzene rings is 4. The maximum absolute atomic E-state index is 10.7. The van der Waals surface area contributed by atoms with Crippen molar-refractivity contribution in [3.05, 3.63) is 72.8 Å². The number of rotatable bonds is 12. The van der Waals surface area contributed by atoms with E-state index in [4.69, 9.17) is 67.8 Å². The number of ether oxygens (including phenoxy) is 8. The molecule has 0 unspecified atom stereocenters. The number of aromatic nitrogens is 8. The topological polar surface area (TPSA) is 506 Å². The van der Waals surface area contributed by atoms with Crippen LogP contribution < -0.4 is 18.9 Å². The number of fused-ring (bicyclic) bond motifs is 20. The lowest BCUT2D eigenvalue weighted by atomic mass is 9.99. The van der Waals surface area contributed by atoms with E-state index in [0.29, 0.717) is 43.8 Å². The number of aromatic amines is 2. The zero-order valence-electron chi connectivity index (χ0n) is 45.4. The SMILES string of the molecule is O[C@@H]1[C@@H](O)[C@@H](O)O[C@H](COc2ccc3c(c2)-c2nc-3nc3[nH]c(nc4nc(nc5[nH]c(n2)c2ccc(OC[C@H]6O[C@H](O)[C@H](O)[C@@H](O)[C@H]6O)cc52)-c2ccc(OC[C@H]5O[C@H](O)[C@H](O)[C@@H](O)[C@H]5O)cc2-4)c2ccc(OC[C@H]4O[C@H](O)[C@H](O)[C@@H](O)[C@H]4O)cc32)[C@@H]1O. The molecule has 0 aliphatic carbocycles. The van der Waals surface area contributed by atoms with E-state index >= 15 is 0 Å². The van der Waals surface area contributed by atoms with Crippen LogP contribution in [-0.2, 0) is 18.9 Å². The summed E-state index contributed by atoms with van der Waals surface area (Å²) in [4.78, 5) is 36.6. The number of nitrogens with zero attached hydrogens (tertiary/aromatic N) is 6. The molecule has 3 aromatic heterocycles. The lowest BCUT2D eigenvalue weighted by molar-refractivity contribution is -0.285. The van der Waals surface area contributed by atoms with Crippen molar-refractivity contribution in [1.82, 2.24) is 39.9 Å². The Labute approximate surface area is 492 Å². The molecule has 4 saturated heterocycles. The van der Waals surface area contributed by atoms with Gasteiger partial charge in [0, 0.05) is 43.8 Å². The first-order chi connectivity index (χ1) is 42.2. The standard InChI is InChI=1S/C56H58N8O24/c65-33-29(85-53(77)41(73)37(33)69)13-81-17-1-5-21-25(9-17)49-57-45(21)61-50-26-10-18(82-14-30-34(66)38(70)42(74)54(78)86-30)2-6-22(26)47(58-50)63-52-28-12-20(84-16-32-36(68)40(72)44(76)56(80)88-32)4-8-24(28)48(60-52)64-51-27-11-19(3-7-23(27)46(59-51)62-49)83-15-31-35(67)39(71)43(75)55(79)87-31/h1-12,29-44,53-56,65-80H,13-16H2,(H2,57,58,59,60,61,62,63,64)/t29-,30-,31-,32-,33+,34+,35+,36+,37+,38+,39+,40+,41-,42-,43-,44-,53+,54+,55+,56+/m1/s1. The molecule has 88 heavy (non-hydrogen) atoms. The van der Waals surface area contributed by atoms with Crippen LogP contribution >= 0.6 is 0 Å². The zero-order valence-corrected chi connectivity index (χ0v) is 45.4. The van der Waals surface area contributed by atoms with Gasteiger partial charge in [-0.2, -0.15) is 0 Å². The van der Waals surface area contributed by atoms with E-state index in [1.807, 2.05) is 0 Å². The lowest BCUT2D eigenvalue weighted by Crippen LogP contribution is -2.58. The van der Waals surface area contributed by atoms with Crippen molar-refractivity contribution in [1.29, 1.82) is 0 Å². The first-order valence-electron chi connectivity index (χ1n) is 27.6. The van der Waals surface area contributed by atoms with Gasteiger partial charge in [-0.1, -0.05) is 0 Å². The first-order valence-corrected chi connectivity index (χ1v) is 27.6. The summed E-state index contributed by atoms with van der Waals surface area (Å²) >= 11 is 0. The molecular weight excluding hydrogens is 1170 g/mol. The van der Waals surface area contributed by atoms with Gasteiger partial charge in [0.05, 0.1) is 0 Å². The summed E-state index contributed by atoms with van der Waals surface area (Å²) in [6.07, 6.45) is -33.1. The largest absolute Gasteiger partial charge is 0.491 e. The van der Waals surface area contributed by atoms with Crippen molar-refractivity contribution < 1.29 is 120 Å². The molecule has 0 amide bonds. The molecule has 0 saturated carbocycles. The fraction of sp³-hybridized carbons (Fsp3) is 0.429. The molecule has 32 nitrogen and oxygen atoms in total. The van der Waals surface area contributed by atoms with E-state index < -0.39 is 149 Å². The summed E-state index contributed by atoms with van der Waals surface area (Å²) in [7, 11) is 0. The van der Waals surface area contributed by atoms with Gasteiger partial charge in [-0.3, -0.25) is 0 Å². The number of hydrogen-bond acceptors (Lipinski definition) is 30. The van der Waals surface area contributed by atoms with Crippen molar-refractivity contribution >= 4 is 44.1 Å². The molecule has 0 spiro atoms. The van der Waals surface area contributed by atoms with Crippen LogP contribution in [0.5, 0.6) is 23.0 Å². The van der Waals surface area contributed by atoms with Crippen LogP contribution in [0, 0.1) is 0 Å². The molecule has 6 aliphatic rings. The van der Waals surface area contributed by atoms with Crippen molar-refractivity contribution in [3.8, 4) is 68.5 Å². The summed E-state index contributed by atoms with van der Waals surface area (Å²) in [6.45, 7) is -1.61. The Morgan fingerprint density at radius 1 is 0.284 bits per heavy atom. The summed E-state index contributed by atoms with van der Waals surface area (Å²) in [6, 6.07) is 19.2. The highest BCUT2D eigenvalue weighted by atomic mass is 16.7. The predicted molar refractivity (Wildman–Crippen MR) is 294 cm³/mol. The number of hydrogen-bond donors (Lipinski definition) is 18. The van der Waals surface area contributed by atoms with Crippen molar-refractivity contribution in [3.63, 3.8) is 0 Å². The van der Waals surface area contributed by atoms with Gasteiger partial charge >= 0.3 is 0 Å². The summed E-state index contributed by atoms with van der Waals surface area (Å²) in [5, 5.41) is 167. The van der Waals surface area contributed by atoms with Crippen molar-refractivity contribution in [2.75, 3.05) is 26.4 Å². The minimum atomic E-state index is -1.82. The quantitative estimate of drug-likeness (QED) is 0.0549. The van der Waals surface area contributed by atoms with Crippen molar-refractivity contribution in [2.24, 2.45) is 0 Å². The van der Waals surface area contributed by atoms with Gasteiger partial charge in [0.25, 0.3) is 0 Å². The molecule has 6 aliphatic heterocycles. The van der Waals surface area contributed by atoms with Crippen LogP contribution in [0.25, 0.3) is 89.7 Å². The normalized spacial score (nSPS) is 33.0. The highest BCUT2D eigenvalue weighted by Gasteiger charge is 2.47. The second kappa shape index (κ2) is 23.5. The van der Waals surface area contributed by atoms with Gasteiger partial charge in [-0.15, -0.1) is 0 Å². The van der Waals surface area contributed by atoms with Crippen LogP contribution in [0.2, 0.25) is 0 Å². The minimum Gasteiger partial charge on any atom is -0.491 e. The molecule has 4 fully saturated rings. The van der Waals surface area contributed by atoms with E-state index in [0.717, 1.165) is 0 Å². The van der Waals surface area contributed by atoms with E-state index in [1.165, 1.54) is 0 Å². The van der Waals surface area contributed by atoms with E-state index in [1.54, 1.807) is 72.8 Å². The van der Waals surface area contributed by atoms with Gasteiger partial charge < -0.3 is 130 Å². The molecule has 8 bridgehead atoms. The number of H-pyrrole nitrogens is 2. The van der Waals surface area contributed by atoms with E-state index in [2.05, 4.69) is 9.97 Å². The number of nitrogens with one attached hydrogen (secondary N) is 2. The fourth-order valence-electron chi connectivity index (χ4n) is 11.1. The average Bonchev–Trinajstić information content (AvgIpc) is 2.54. The van der Waals surface area contributed by atoms with Crippen LogP contribution in [-0.4, -0.2) is 271 Å². The van der Waals surface area contributed by atoms with E-state index in [9.17, 15) is 81.7 Å². The smallest absolute Gasteiger partial charge is 0.184 e. The molecule has 7 aromatic rings. The molecule has 0 radical (unpaired) electrons. The second-order valence-corrected chi connectivity index (χ2v) is 21.8. The first kappa shape index (κ1) is 59.6. The third kappa shape index (κ3) is 10.9. The molecule has 466 valence electrons. The van der Waals surface area contributed by atoms with E-state index in [-0.39, 0.29) is 68.9 Å². The third-order valence-electron chi connectivity index (χ3n) is 16.1. The van der Waals surface area contributed by atoms with Gasteiger partial charge in [-0.05, 0) is 72.8 Å².